The number of amides is 3. The van der Waals surface area contributed by atoms with Crippen molar-refractivity contribution in [3.63, 3.8) is 0 Å². The van der Waals surface area contributed by atoms with Gasteiger partial charge in [-0.3, -0.25) is 14.4 Å². The highest BCUT2D eigenvalue weighted by Gasteiger charge is 2.10. The van der Waals surface area contributed by atoms with Gasteiger partial charge in [-0.1, -0.05) is 30.3 Å². The molecule has 2 aromatic carbocycles. The second-order valence-electron chi connectivity index (χ2n) is 7.06. The van der Waals surface area contributed by atoms with Gasteiger partial charge in [0.05, 0.1) is 12.8 Å². The van der Waals surface area contributed by atoms with Gasteiger partial charge >= 0.3 is 0 Å². The molecule has 0 saturated carbocycles. The van der Waals surface area contributed by atoms with Crippen LogP contribution in [0.2, 0.25) is 0 Å². The average Bonchev–Trinajstić information content (AvgIpc) is 3.30. The third-order valence-electron chi connectivity index (χ3n) is 4.71. The molecule has 0 saturated heterocycles. The van der Waals surface area contributed by atoms with E-state index < -0.39 is 0 Å². The number of furan rings is 1. The maximum Gasteiger partial charge on any atom is 0.251 e. The van der Waals surface area contributed by atoms with E-state index >= 15 is 0 Å². The molecular weight excluding hydrogens is 394 g/mol. The summed E-state index contributed by atoms with van der Waals surface area (Å²) in [5.41, 5.74) is 2.80. The Morgan fingerprint density at radius 3 is 2.45 bits per heavy atom. The third kappa shape index (κ3) is 6.57. The number of carbonyl (C=O) groups excluding carboxylic acids is 3. The number of nitrogens with one attached hydrogen (secondary N) is 3. The third-order valence-corrected chi connectivity index (χ3v) is 4.71. The van der Waals surface area contributed by atoms with Crippen LogP contribution < -0.4 is 16.0 Å². The number of aryl methyl sites for hydroxylation is 1. The van der Waals surface area contributed by atoms with Gasteiger partial charge in [0.2, 0.25) is 5.91 Å². The minimum Gasteiger partial charge on any atom is -0.467 e. The van der Waals surface area contributed by atoms with E-state index in [2.05, 4.69) is 16.0 Å². The molecule has 31 heavy (non-hydrogen) atoms. The zero-order valence-electron chi connectivity index (χ0n) is 17.3. The van der Waals surface area contributed by atoms with Gasteiger partial charge in [0.25, 0.3) is 11.8 Å². The minimum absolute atomic E-state index is 0.168. The van der Waals surface area contributed by atoms with E-state index in [4.69, 9.17) is 4.42 Å². The van der Waals surface area contributed by atoms with Crippen LogP contribution in [-0.2, 0) is 17.9 Å². The molecule has 1 heterocycles. The zero-order valence-corrected chi connectivity index (χ0v) is 17.3. The predicted molar refractivity (Wildman–Crippen MR) is 116 cm³/mol. The molecule has 0 aliphatic carbocycles. The molecule has 1 aromatic heterocycles. The fourth-order valence-electron chi connectivity index (χ4n) is 3.01. The molecule has 0 spiro atoms. The van der Waals surface area contributed by atoms with Gasteiger partial charge < -0.3 is 20.4 Å². The van der Waals surface area contributed by atoms with Crippen molar-refractivity contribution in [1.82, 2.24) is 16.0 Å². The van der Waals surface area contributed by atoms with E-state index in [-0.39, 0.29) is 30.7 Å². The first-order valence-corrected chi connectivity index (χ1v) is 10.0. The van der Waals surface area contributed by atoms with Crippen molar-refractivity contribution >= 4 is 17.7 Å². The fourth-order valence-corrected chi connectivity index (χ4v) is 3.01. The average molecular weight is 419 g/mol. The molecule has 0 aliphatic heterocycles. The van der Waals surface area contributed by atoms with Crippen LogP contribution in [-0.4, -0.2) is 24.3 Å². The molecule has 3 rings (SSSR count). The lowest BCUT2D eigenvalue weighted by Crippen LogP contribution is -2.30. The Morgan fingerprint density at radius 1 is 0.839 bits per heavy atom. The number of benzene rings is 2. The van der Waals surface area contributed by atoms with E-state index in [1.54, 1.807) is 48.7 Å². The Morgan fingerprint density at radius 2 is 1.68 bits per heavy atom. The topological polar surface area (TPSA) is 100 Å². The first-order valence-electron chi connectivity index (χ1n) is 10.0. The summed E-state index contributed by atoms with van der Waals surface area (Å²) in [6.07, 6.45) is 1.72. The van der Waals surface area contributed by atoms with Gasteiger partial charge in [-0.25, -0.2) is 0 Å². The van der Waals surface area contributed by atoms with Gasteiger partial charge in [0.1, 0.15) is 5.76 Å². The molecular formula is C24H25N3O4. The van der Waals surface area contributed by atoms with E-state index in [0.717, 1.165) is 11.1 Å². The highest BCUT2D eigenvalue weighted by atomic mass is 16.3. The molecule has 0 unspecified atom stereocenters. The standard InChI is InChI=1S/C24H25N3O4/c1-17-6-2-3-10-21(17)24(30)25-12-11-22(28)26-15-18-7-4-8-19(14-18)23(29)27-16-20-9-5-13-31-20/h2-10,13-14H,11-12,15-16H2,1H3,(H,25,30)(H,26,28)(H,27,29). The lowest BCUT2D eigenvalue weighted by atomic mass is 10.1. The lowest BCUT2D eigenvalue weighted by molar-refractivity contribution is -0.121. The lowest BCUT2D eigenvalue weighted by Gasteiger charge is -2.09. The van der Waals surface area contributed by atoms with Crippen molar-refractivity contribution in [2.45, 2.75) is 26.4 Å². The molecule has 3 aromatic rings. The zero-order chi connectivity index (χ0) is 22.1. The minimum atomic E-state index is -0.219. The van der Waals surface area contributed by atoms with Crippen molar-refractivity contribution in [3.05, 3.63) is 94.9 Å². The number of carbonyl (C=O) groups is 3. The molecule has 0 fully saturated rings. The van der Waals surface area contributed by atoms with Gasteiger partial charge in [-0.15, -0.1) is 0 Å². The summed E-state index contributed by atoms with van der Waals surface area (Å²) in [4.78, 5) is 36.6. The maximum atomic E-state index is 12.3. The first-order chi connectivity index (χ1) is 15.0. The monoisotopic (exact) mass is 419 g/mol. The predicted octanol–water partition coefficient (Wildman–Crippen LogP) is 2.95. The maximum absolute atomic E-state index is 12.3. The smallest absolute Gasteiger partial charge is 0.251 e. The van der Waals surface area contributed by atoms with Crippen LogP contribution in [0.3, 0.4) is 0 Å². The summed E-state index contributed by atoms with van der Waals surface area (Å²) in [6, 6.07) is 17.9. The molecule has 0 bridgehead atoms. The summed E-state index contributed by atoms with van der Waals surface area (Å²) in [6.45, 7) is 2.71. The van der Waals surface area contributed by atoms with Crippen LogP contribution in [0.4, 0.5) is 0 Å². The first kappa shape index (κ1) is 21.8. The van der Waals surface area contributed by atoms with Crippen molar-refractivity contribution in [3.8, 4) is 0 Å². The molecule has 0 radical (unpaired) electrons. The number of hydrogen-bond acceptors (Lipinski definition) is 4. The van der Waals surface area contributed by atoms with Gasteiger partial charge in [-0.2, -0.15) is 0 Å². The van der Waals surface area contributed by atoms with Crippen LogP contribution in [0.25, 0.3) is 0 Å². The SMILES string of the molecule is Cc1ccccc1C(=O)NCCC(=O)NCc1cccc(C(=O)NCc2ccco2)c1. The highest BCUT2D eigenvalue weighted by Crippen LogP contribution is 2.08. The van der Waals surface area contributed by atoms with Crippen LogP contribution in [0.5, 0.6) is 0 Å². The van der Waals surface area contributed by atoms with E-state index in [1.807, 2.05) is 25.1 Å². The fraction of sp³-hybridized carbons (Fsp3) is 0.208. The molecule has 0 aliphatic rings. The highest BCUT2D eigenvalue weighted by molar-refractivity contribution is 5.96. The van der Waals surface area contributed by atoms with Gasteiger partial charge in [-0.05, 0) is 48.4 Å². The quantitative estimate of drug-likeness (QED) is 0.496. The summed E-state index contributed by atoms with van der Waals surface area (Å²) >= 11 is 0. The Kier molecular flexibility index (Phi) is 7.59. The Bertz CT molecular complexity index is 1040. The van der Waals surface area contributed by atoms with Gasteiger partial charge in [0, 0.05) is 30.6 Å². The van der Waals surface area contributed by atoms with Crippen molar-refractivity contribution in [2.75, 3.05) is 6.54 Å². The van der Waals surface area contributed by atoms with Crippen molar-refractivity contribution in [2.24, 2.45) is 0 Å². The summed E-state index contributed by atoms with van der Waals surface area (Å²) in [5.74, 6) is 0.0756. The van der Waals surface area contributed by atoms with Crippen LogP contribution in [0.1, 0.15) is 44.0 Å². The number of hydrogen-bond donors (Lipinski definition) is 3. The molecule has 0 atom stereocenters. The van der Waals surface area contributed by atoms with Crippen LogP contribution in [0.15, 0.2) is 71.3 Å². The molecule has 7 nitrogen and oxygen atoms in total. The molecule has 160 valence electrons. The Labute approximate surface area is 180 Å². The Balaban J connectivity index is 1.41. The molecule has 7 heteroatoms. The molecule has 3 amide bonds. The summed E-state index contributed by atoms with van der Waals surface area (Å²) < 4.78 is 5.20. The van der Waals surface area contributed by atoms with E-state index in [0.29, 0.717) is 30.0 Å². The van der Waals surface area contributed by atoms with E-state index in [1.165, 1.54) is 0 Å². The van der Waals surface area contributed by atoms with Crippen molar-refractivity contribution < 1.29 is 18.8 Å². The summed E-state index contributed by atoms with van der Waals surface area (Å²) in [5, 5.41) is 8.35. The molecule has 3 N–H and O–H groups in total. The Hall–Kier alpha value is -3.87. The second-order valence-corrected chi connectivity index (χ2v) is 7.06. The normalized spacial score (nSPS) is 10.4. The van der Waals surface area contributed by atoms with Crippen LogP contribution in [0, 0.1) is 6.92 Å². The largest absolute Gasteiger partial charge is 0.467 e. The second kappa shape index (κ2) is 10.8. The van der Waals surface area contributed by atoms with E-state index in [9.17, 15) is 14.4 Å². The summed E-state index contributed by atoms with van der Waals surface area (Å²) in [7, 11) is 0. The van der Waals surface area contributed by atoms with Gasteiger partial charge in [0.15, 0.2) is 0 Å². The van der Waals surface area contributed by atoms with Crippen LogP contribution >= 0.6 is 0 Å². The van der Waals surface area contributed by atoms with Crippen molar-refractivity contribution in [1.29, 1.82) is 0 Å². The number of rotatable bonds is 9.